The number of rotatable bonds is 2. The van der Waals surface area contributed by atoms with Crippen LogP contribution in [0.25, 0.3) is 0 Å². The van der Waals surface area contributed by atoms with Gasteiger partial charge in [0.15, 0.2) is 0 Å². The Balaban J connectivity index is 3.14. The van der Waals surface area contributed by atoms with E-state index in [0.29, 0.717) is 6.07 Å². The zero-order valence-electron chi connectivity index (χ0n) is 6.97. The molecule has 0 atom stereocenters. The molecule has 0 amide bonds. The Hall–Kier alpha value is -0.690. The van der Waals surface area contributed by atoms with Crippen LogP contribution in [0.1, 0.15) is 5.56 Å². The zero-order valence-corrected chi connectivity index (χ0v) is 8.68. The average Bonchev–Trinajstić information content (AvgIpc) is 1.99. The summed E-state index contributed by atoms with van der Waals surface area (Å²) in [5, 5.41) is 0. The highest BCUT2D eigenvalue weighted by molar-refractivity contribution is 8.06. The molecule has 0 spiro atoms. The van der Waals surface area contributed by atoms with Gasteiger partial charge in [0.05, 0.1) is 0 Å². The molecule has 0 aromatic carbocycles. The van der Waals surface area contributed by atoms with Crippen molar-refractivity contribution < 1.29 is 27.5 Å². The van der Waals surface area contributed by atoms with Crippen molar-refractivity contribution in [3.05, 3.63) is 23.9 Å². The molecule has 1 aromatic rings. The maximum atomic E-state index is 12.3. The lowest BCUT2D eigenvalue weighted by Crippen LogP contribution is -2.08. The van der Waals surface area contributed by atoms with Gasteiger partial charge in [0.25, 0.3) is 0 Å². The minimum Gasteiger partial charge on any atom is -0.405 e. The van der Waals surface area contributed by atoms with Crippen molar-refractivity contribution in [2.75, 3.05) is 0 Å². The molecule has 0 aliphatic carbocycles. The number of hydrogen-bond donors (Lipinski definition) is 2. The van der Waals surface area contributed by atoms with Crippen molar-refractivity contribution in [3.8, 4) is 5.88 Å². The Bertz CT molecular complexity index is 405. The summed E-state index contributed by atoms with van der Waals surface area (Å²) in [6.07, 6.45) is -3.66. The Kier molecular flexibility index (Phi) is 3.34. The predicted octanol–water partition coefficient (Wildman–Crippen LogP) is 1.69. The van der Waals surface area contributed by atoms with Crippen LogP contribution < -0.4 is 4.52 Å². The summed E-state index contributed by atoms with van der Waals surface area (Å²) < 4.78 is 41.1. The van der Waals surface area contributed by atoms with E-state index >= 15 is 0 Å². The van der Waals surface area contributed by atoms with E-state index in [4.69, 9.17) is 9.79 Å². The van der Waals surface area contributed by atoms with Crippen LogP contribution in [-0.4, -0.2) is 14.8 Å². The van der Waals surface area contributed by atoms with Crippen molar-refractivity contribution in [1.82, 2.24) is 4.98 Å². The van der Waals surface area contributed by atoms with Gasteiger partial charge >= 0.3 is 12.9 Å². The van der Waals surface area contributed by atoms with Crippen molar-refractivity contribution in [3.63, 3.8) is 0 Å². The average molecular weight is 259 g/mol. The third-order valence-corrected chi connectivity index (χ3v) is 1.92. The van der Waals surface area contributed by atoms with Gasteiger partial charge in [-0.25, -0.2) is 4.98 Å². The summed E-state index contributed by atoms with van der Waals surface area (Å²) >= 11 is 4.04. The summed E-state index contributed by atoms with van der Waals surface area (Å²) in [5.41, 5.74) is -1.21. The molecule has 0 saturated carbocycles. The minimum atomic E-state index is -4.69. The lowest BCUT2D eigenvalue weighted by molar-refractivity contribution is -0.138. The van der Waals surface area contributed by atoms with Gasteiger partial charge in [-0.2, -0.15) is 13.2 Å². The monoisotopic (exact) mass is 259 g/mol. The highest BCUT2D eigenvalue weighted by Crippen LogP contribution is 2.42. The van der Waals surface area contributed by atoms with E-state index in [0.717, 1.165) is 12.3 Å². The zero-order chi connectivity index (χ0) is 11.7. The molecular formula is C6H5F3NO3PS. The first kappa shape index (κ1) is 12.4. The molecule has 0 radical (unpaired) electrons. The van der Waals surface area contributed by atoms with Crippen LogP contribution in [0, 0.1) is 0 Å². The molecule has 15 heavy (non-hydrogen) atoms. The number of alkyl halides is 3. The van der Waals surface area contributed by atoms with Crippen LogP contribution >= 0.6 is 6.72 Å². The Morgan fingerprint density at radius 3 is 2.47 bits per heavy atom. The van der Waals surface area contributed by atoms with Gasteiger partial charge in [-0.05, 0) is 12.1 Å². The van der Waals surface area contributed by atoms with Crippen LogP contribution in [0.15, 0.2) is 18.3 Å². The Morgan fingerprint density at radius 2 is 2.00 bits per heavy atom. The standard InChI is InChI=1S/C6H5F3NO3PS/c7-6(8,9)4-2-1-3-10-5(4)13-14(11,12)15/h1-3H,(H2,11,12,15). The fourth-order valence-electron chi connectivity index (χ4n) is 0.792. The van der Waals surface area contributed by atoms with Crippen molar-refractivity contribution in [2.24, 2.45) is 0 Å². The van der Waals surface area contributed by atoms with Gasteiger partial charge in [0.2, 0.25) is 5.88 Å². The molecule has 0 aliphatic heterocycles. The fraction of sp³-hybridized carbons (Fsp3) is 0.167. The van der Waals surface area contributed by atoms with E-state index in [2.05, 4.69) is 21.3 Å². The second-order valence-electron chi connectivity index (χ2n) is 2.44. The first-order chi connectivity index (χ1) is 6.70. The number of aromatic nitrogens is 1. The second kappa shape index (κ2) is 4.05. The van der Waals surface area contributed by atoms with Crippen LogP contribution in [0.2, 0.25) is 0 Å². The Morgan fingerprint density at radius 1 is 1.40 bits per heavy atom. The van der Waals surface area contributed by atoms with E-state index in [1.165, 1.54) is 0 Å². The van der Waals surface area contributed by atoms with Gasteiger partial charge in [-0.15, -0.1) is 0 Å². The largest absolute Gasteiger partial charge is 0.421 e. The van der Waals surface area contributed by atoms with Crippen molar-refractivity contribution >= 4 is 18.5 Å². The van der Waals surface area contributed by atoms with Crippen LogP contribution in [0.4, 0.5) is 13.2 Å². The molecule has 1 rings (SSSR count). The van der Waals surface area contributed by atoms with E-state index in [9.17, 15) is 13.2 Å². The third-order valence-electron chi connectivity index (χ3n) is 1.28. The molecule has 0 aliphatic rings. The maximum Gasteiger partial charge on any atom is 0.421 e. The molecule has 0 unspecified atom stereocenters. The first-order valence-corrected chi connectivity index (χ1v) is 6.10. The molecule has 1 heterocycles. The molecular weight excluding hydrogens is 254 g/mol. The first-order valence-electron chi connectivity index (χ1n) is 3.47. The molecule has 0 saturated heterocycles. The number of hydrogen-bond acceptors (Lipinski definition) is 3. The highest BCUT2D eigenvalue weighted by Gasteiger charge is 2.36. The van der Waals surface area contributed by atoms with Crippen LogP contribution in [-0.2, 0) is 18.0 Å². The molecule has 0 fully saturated rings. The third kappa shape index (κ3) is 3.75. The number of nitrogens with zero attached hydrogens (tertiary/aromatic N) is 1. The van der Waals surface area contributed by atoms with Crippen molar-refractivity contribution in [1.29, 1.82) is 0 Å². The van der Waals surface area contributed by atoms with Gasteiger partial charge < -0.3 is 14.3 Å². The van der Waals surface area contributed by atoms with E-state index in [-0.39, 0.29) is 0 Å². The van der Waals surface area contributed by atoms with Gasteiger partial charge in [0, 0.05) is 18.0 Å². The summed E-state index contributed by atoms with van der Waals surface area (Å²) in [6, 6.07) is 1.75. The highest BCUT2D eigenvalue weighted by atomic mass is 32.5. The predicted molar refractivity (Wildman–Crippen MR) is 48.6 cm³/mol. The maximum absolute atomic E-state index is 12.3. The topological polar surface area (TPSA) is 62.6 Å². The Labute approximate surface area is 87.6 Å². The summed E-state index contributed by atoms with van der Waals surface area (Å²) in [5.74, 6) is -0.932. The lowest BCUT2D eigenvalue weighted by Gasteiger charge is -2.13. The molecule has 0 bridgehead atoms. The SMILES string of the molecule is OP(O)(=S)Oc1ncccc1C(F)(F)F. The van der Waals surface area contributed by atoms with Gasteiger partial charge in [-0.3, -0.25) is 0 Å². The molecule has 84 valence electrons. The molecule has 9 heteroatoms. The lowest BCUT2D eigenvalue weighted by atomic mass is 10.3. The second-order valence-corrected chi connectivity index (χ2v) is 5.03. The summed E-state index contributed by atoms with van der Waals surface area (Å²) in [4.78, 5) is 20.7. The van der Waals surface area contributed by atoms with Crippen LogP contribution in [0.3, 0.4) is 0 Å². The van der Waals surface area contributed by atoms with E-state index in [1.54, 1.807) is 0 Å². The van der Waals surface area contributed by atoms with E-state index < -0.39 is 24.3 Å². The molecule has 4 nitrogen and oxygen atoms in total. The minimum absolute atomic E-state index is 0.702. The molecule has 2 N–H and O–H groups in total. The smallest absolute Gasteiger partial charge is 0.405 e. The fourth-order valence-corrected chi connectivity index (χ4v) is 1.37. The van der Waals surface area contributed by atoms with Gasteiger partial charge in [-0.1, -0.05) is 0 Å². The molecule has 1 aromatic heterocycles. The van der Waals surface area contributed by atoms with E-state index in [1.807, 2.05) is 0 Å². The number of pyridine rings is 1. The van der Waals surface area contributed by atoms with Gasteiger partial charge in [0.1, 0.15) is 5.56 Å². The normalized spacial score (nSPS) is 12.6. The summed E-state index contributed by atoms with van der Waals surface area (Å²) in [6.45, 7) is -4.21. The van der Waals surface area contributed by atoms with Crippen molar-refractivity contribution in [2.45, 2.75) is 6.18 Å². The quantitative estimate of drug-likeness (QED) is 0.791. The van der Waals surface area contributed by atoms with Crippen LogP contribution in [0.5, 0.6) is 5.88 Å². The summed E-state index contributed by atoms with van der Waals surface area (Å²) in [7, 11) is 0. The number of halogens is 3.